The molecule has 3 heteroatoms. The van der Waals surface area contributed by atoms with Crippen LogP contribution in [0.15, 0.2) is 5.38 Å². The second-order valence-corrected chi connectivity index (χ2v) is 6.70. The van der Waals surface area contributed by atoms with Crippen molar-refractivity contribution in [3.63, 3.8) is 0 Å². The molecule has 0 saturated heterocycles. The molecule has 16 heavy (non-hydrogen) atoms. The zero-order chi connectivity index (χ0) is 11.8. The third-order valence-corrected chi connectivity index (χ3v) is 4.23. The zero-order valence-corrected chi connectivity index (χ0v) is 11.4. The van der Waals surface area contributed by atoms with Crippen molar-refractivity contribution in [3.8, 4) is 0 Å². The SMILES string of the molecule is CC(C)(C)c1csc(=N)n1C1CCCCC1. The molecule has 1 aromatic heterocycles. The Morgan fingerprint density at radius 2 is 1.88 bits per heavy atom. The van der Waals surface area contributed by atoms with Crippen LogP contribution >= 0.6 is 11.3 Å². The molecule has 0 aromatic carbocycles. The van der Waals surface area contributed by atoms with E-state index in [0.717, 1.165) is 4.80 Å². The molecule has 1 aromatic rings. The lowest BCUT2D eigenvalue weighted by atomic mass is 9.90. The third kappa shape index (κ3) is 2.24. The van der Waals surface area contributed by atoms with Crippen molar-refractivity contribution < 1.29 is 0 Å². The van der Waals surface area contributed by atoms with Gasteiger partial charge in [-0.1, -0.05) is 40.0 Å². The zero-order valence-electron chi connectivity index (χ0n) is 10.5. The highest BCUT2D eigenvalue weighted by molar-refractivity contribution is 7.07. The predicted octanol–water partition coefficient (Wildman–Crippen LogP) is 3.83. The van der Waals surface area contributed by atoms with Crippen LogP contribution in [0.25, 0.3) is 0 Å². The molecule has 0 radical (unpaired) electrons. The van der Waals surface area contributed by atoms with E-state index >= 15 is 0 Å². The maximum Gasteiger partial charge on any atom is 0.182 e. The van der Waals surface area contributed by atoms with Crippen LogP contribution in [-0.2, 0) is 5.41 Å². The number of hydrogen-bond donors (Lipinski definition) is 1. The van der Waals surface area contributed by atoms with Crippen LogP contribution in [0.5, 0.6) is 0 Å². The highest BCUT2D eigenvalue weighted by Gasteiger charge is 2.24. The fourth-order valence-electron chi connectivity index (χ4n) is 2.57. The summed E-state index contributed by atoms with van der Waals surface area (Å²) in [5.74, 6) is 0. The van der Waals surface area contributed by atoms with Gasteiger partial charge in [0.05, 0.1) is 0 Å². The first-order valence-electron chi connectivity index (χ1n) is 6.25. The van der Waals surface area contributed by atoms with Gasteiger partial charge in [-0.2, -0.15) is 0 Å². The van der Waals surface area contributed by atoms with Crippen LogP contribution in [-0.4, -0.2) is 4.57 Å². The fraction of sp³-hybridized carbons (Fsp3) is 0.769. The summed E-state index contributed by atoms with van der Waals surface area (Å²) in [5.41, 5.74) is 1.50. The van der Waals surface area contributed by atoms with E-state index in [2.05, 4.69) is 30.7 Å². The van der Waals surface area contributed by atoms with Crippen LogP contribution in [0, 0.1) is 5.41 Å². The molecule has 0 spiro atoms. The molecule has 0 aliphatic heterocycles. The molecule has 1 saturated carbocycles. The van der Waals surface area contributed by atoms with E-state index < -0.39 is 0 Å². The maximum atomic E-state index is 8.09. The molecule has 0 bridgehead atoms. The van der Waals surface area contributed by atoms with Gasteiger partial charge in [-0.15, -0.1) is 11.3 Å². The summed E-state index contributed by atoms with van der Waals surface area (Å²) in [5, 5.41) is 10.3. The molecule has 1 aliphatic carbocycles. The second-order valence-electron chi connectivity index (χ2n) is 5.84. The largest absolute Gasteiger partial charge is 0.318 e. The highest BCUT2D eigenvalue weighted by atomic mass is 32.1. The van der Waals surface area contributed by atoms with Gasteiger partial charge in [0.2, 0.25) is 0 Å². The van der Waals surface area contributed by atoms with Crippen molar-refractivity contribution in [2.45, 2.75) is 64.3 Å². The minimum atomic E-state index is 0.160. The Balaban J connectivity index is 2.38. The van der Waals surface area contributed by atoms with Crippen molar-refractivity contribution in [3.05, 3.63) is 15.9 Å². The predicted molar refractivity (Wildman–Crippen MR) is 69.0 cm³/mol. The molecule has 90 valence electrons. The van der Waals surface area contributed by atoms with Crippen LogP contribution in [0.3, 0.4) is 0 Å². The summed E-state index contributed by atoms with van der Waals surface area (Å²) in [6, 6.07) is 0.585. The topological polar surface area (TPSA) is 28.8 Å². The van der Waals surface area contributed by atoms with E-state index in [9.17, 15) is 0 Å². The van der Waals surface area contributed by atoms with Crippen LogP contribution in [0.2, 0.25) is 0 Å². The standard InChI is InChI=1S/C13H22N2S/c1-13(2,3)11-9-16-12(14)15(11)10-7-5-4-6-8-10/h9-10,14H,4-8H2,1-3H3. The third-order valence-electron chi connectivity index (χ3n) is 3.47. The highest BCUT2D eigenvalue weighted by Crippen LogP contribution is 2.32. The number of hydrogen-bond acceptors (Lipinski definition) is 2. The smallest absolute Gasteiger partial charge is 0.182 e. The van der Waals surface area contributed by atoms with E-state index in [1.807, 2.05) is 0 Å². The Hall–Kier alpha value is -0.570. The lowest BCUT2D eigenvalue weighted by Gasteiger charge is -2.29. The summed E-state index contributed by atoms with van der Waals surface area (Å²) < 4.78 is 2.30. The minimum Gasteiger partial charge on any atom is -0.318 e. The van der Waals surface area contributed by atoms with E-state index in [1.165, 1.54) is 37.8 Å². The van der Waals surface area contributed by atoms with Crippen LogP contribution < -0.4 is 4.80 Å². The molecular formula is C13H22N2S. The maximum absolute atomic E-state index is 8.09. The molecular weight excluding hydrogens is 216 g/mol. The monoisotopic (exact) mass is 238 g/mol. The summed E-state index contributed by atoms with van der Waals surface area (Å²) in [6.45, 7) is 6.73. The van der Waals surface area contributed by atoms with Crippen molar-refractivity contribution in [2.75, 3.05) is 0 Å². The molecule has 1 fully saturated rings. The molecule has 0 unspecified atom stereocenters. The van der Waals surface area contributed by atoms with Gasteiger partial charge < -0.3 is 4.57 Å². The average Bonchev–Trinajstić information content (AvgIpc) is 2.61. The van der Waals surface area contributed by atoms with Crippen molar-refractivity contribution in [1.29, 1.82) is 5.41 Å². The van der Waals surface area contributed by atoms with E-state index in [-0.39, 0.29) is 5.41 Å². The minimum absolute atomic E-state index is 0.160. The first-order valence-corrected chi connectivity index (χ1v) is 7.13. The van der Waals surface area contributed by atoms with Gasteiger partial charge in [0.15, 0.2) is 4.80 Å². The van der Waals surface area contributed by atoms with Crippen molar-refractivity contribution in [1.82, 2.24) is 4.57 Å². The Morgan fingerprint density at radius 1 is 1.25 bits per heavy atom. The van der Waals surface area contributed by atoms with Gasteiger partial charge in [-0.25, -0.2) is 0 Å². The van der Waals surface area contributed by atoms with E-state index in [0.29, 0.717) is 6.04 Å². The summed E-state index contributed by atoms with van der Waals surface area (Å²) in [7, 11) is 0. The Morgan fingerprint density at radius 3 is 2.44 bits per heavy atom. The molecule has 1 N–H and O–H groups in total. The average molecular weight is 238 g/mol. The lowest BCUT2D eigenvalue weighted by Crippen LogP contribution is -2.28. The molecule has 1 heterocycles. The van der Waals surface area contributed by atoms with Crippen LogP contribution in [0.4, 0.5) is 0 Å². The first-order chi connectivity index (χ1) is 7.50. The summed E-state index contributed by atoms with van der Waals surface area (Å²) in [4.78, 5) is 0.733. The number of nitrogens with zero attached hydrogens (tertiary/aromatic N) is 1. The van der Waals surface area contributed by atoms with Gasteiger partial charge in [0, 0.05) is 22.5 Å². The number of aromatic nitrogens is 1. The Kier molecular flexibility index (Phi) is 3.24. The second kappa shape index (κ2) is 4.36. The van der Waals surface area contributed by atoms with Crippen LogP contribution in [0.1, 0.15) is 64.6 Å². The summed E-state index contributed by atoms with van der Waals surface area (Å²) in [6.07, 6.45) is 6.55. The van der Waals surface area contributed by atoms with Gasteiger partial charge in [0.25, 0.3) is 0 Å². The van der Waals surface area contributed by atoms with Crippen molar-refractivity contribution in [2.24, 2.45) is 0 Å². The molecule has 2 nitrogen and oxygen atoms in total. The normalized spacial score (nSPS) is 18.9. The lowest BCUT2D eigenvalue weighted by molar-refractivity contribution is 0.327. The van der Waals surface area contributed by atoms with Gasteiger partial charge in [-0.3, -0.25) is 5.41 Å². The van der Waals surface area contributed by atoms with Gasteiger partial charge in [-0.05, 0) is 12.8 Å². The molecule has 0 atom stereocenters. The Labute approximate surface area is 102 Å². The molecule has 1 aliphatic rings. The number of nitrogens with one attached hydrogen (secondary N) is 1. The van der Waals surface area contributed by atoms with Crippen molar-refractivity contribution >= 4 is 11.3 Å². The quantitative estimate of drug-likeness (QED) is 0.770. The summed E-state index contributed by atoms with van der Waals surface area (Å²) >= 11 is 1.58. The number of thiazole rings is 1. The Bertz CT molecular complexity index is 402. The van der Waals surface area contributed by atoms with Gasteiger partial charge >= 0.3 is 0 Å². The van der Waals surface area contributed by atoms with Gasteiger partial charge in [0.1, 0.15) is 0 Å². The molecule has 0 amide bonds. The number of rotatable bonds is 1. The first kappa shape index (κ1) is 11.9. The van der Waals surface area contributed by atoms with E-state index in [1.54, 1.807) is 11.3 Å². The fourth-order valence-corrected chi connectivity index (χ4v) is 3.63. The molecule has 2 rings (SSSR count). The van der Waals surface area contributed by atoms with E-state index in [4.69, 9.17) is 5.41 Å².